The number of nitrogens with zero attached hydrogens (tertiary/aromatic N) is 6. The maximum atomic E-state index is 12.5. The van der Waals surface area contributed by atoms with E-state index in [4.69, 9.17) is 19.2 Å². The Morgan fingerprint density at radius 3 is 2.38 bits per heavy atom. The third-order valence-electron chi connectivity index (χ3n) is 9.21. The quantitative estimate of drug-likeness (QED) is 0.302. The van der Waals surface area contributed by atoms with Crippen LogP contribution < -0.4 is 34.0 Å². The molecule has 6 rings (SSSR count). The van der Waals surface area contributed by atoms with Gasteiger partial charge in [0.05, 0.1) is 34.9 Å². The summed E-state index contributed by atoms with van der Waals surface area (Å²) in [5.41, 5.74) is 4.04. The molecule has 15 heteroatoms. The zero-order valence-electron chi connectivity index (χ0n) is 27.5. The number of fused-ring (bicyclic) bond motifs is 1. The topological polar surface area (TPSA) is 125 Å². The Kier molecular flexibility index (Phi) is 9.88. The summed E-state index contributed by atoms with van der Waals surface area (Å²) in [4.78, 5) is 16.8. The summed E-state index contributed by atoms with van der Waals surface area (Å²) in [5.74, 6) is 2.44. The monoisotopic (exact) mass is 730 g/mol. The van der Waals surface area contributed by atoms with E-state index in [1.807, 2.05) is 0 Å². The van der Waals surface area contributed by atoms with Gasteiger partial charge in [0, 0.05) is 82.4 Å². The molecule has 0 bridgehead atoms. The third-order valence-corrected chi connectivity index (χ3v) is 11.0. The minimum Gasteiger partial charge on any atom is -0.494 e. The second-order valence-electron chi connectivity index (χ2n) is 12.2. The van der Waals surface area contributed by atoms with Gasteiger partial charge in [-0.05, 0) is 53.9 Å². The van der Waals surface area contributed by atoms with E-state index in [0.29, 0.717) is 50.9 Å². The van der Waals surface area contributed by atoms with Gasteiger partial charge >= 0.3 is 0 Å². The molecule has 0 aliphatic carbocycles. The number of hydrogen-bond donors (Lipinski definition) is 2. The van der Waals surface area contributed by atoms with Gasteiger partial charge in [-0.1, -0.05) is 6.92 Å². The summed E-state index contributed by atoms with van der Waals surface area (Å²) in [7, 11) is 1.79. The van der Waals surface area contributed by atoms with Crippen molar-refractivity contribution < 1.29 is 22.6 Å². The van der Waals surface area contributed by atoms with Crippen LogP contribution in [0.15, 0.2) is 34.9 Å². The highest BCUT2D eigenvalue weighted by molar-refractivity contribution is 9.10. The molecule has 254 valence electrons. The van der Waals surface area contributed by atoms with Gasteiger partial charge in [0.1, 0.15) is 11.6 Å². The zero-order valence-corrected chi connectivity index (χ0v) is 29.9. The fraction of sp³-hybridized carbons (Fsp3) is 0.500. The van der Waals surface area contributed by atoms with Crippen LogP contribution in [0.2, 0.25) is 0 Å². The van der Waals surface area contributed by atoms with Crippen molar-refractivity contribution in [3.05, 3.63) is 40.5 Å². The number of likely N-dealkylation sites (N-methyl/N-ethyl adjacent to an activating group) is 1. The smallest absolute Gasteiger partial charge is 0.232 e. The number of halogens is 1. The van der Waals surface area contributed by atoms with Crippen molar-refractivity contribution in [3.63, 3.8) is 0 Å². The summed E-state index contributed by atoms with van der Waals surface area (Å²) >= 11 is 3.54. The fourth-order valence-electron chi connectivity index (χ4n) is 6.35. The SMILES string of the molecule is CCc1cc(Nc2ncc(Br)c(Nc3cc4c(cc3N(C)S(C)(=O)=O)OCO4)n2)c(OC)cc1N1CCC(N2CCN(C)CC2)CC1. The van der Waals surface area contributed by atoms with Crippen molar-refractivity contribution in [2.75, 3.05) is 93.4 Å². The number of sulfonamides is 1. The summed E-state index contributed by atoms with van der Waals surface area (Å²) in [6, 6.07) is 8.22. The Morgan fingerprint density at radius 1 is 1.02 bits per heavy atom. The van der Waals surface area contributed by atoms with E-state index in [-0.39, 0.29) is 6.79 Å². The number of piperazine rings is 1. The van der Waals surface area contributed by atoms with Crippen LogP contribution in [-0.4, -0.2) is 108 Å². The molecule has 0 amide bonds. The Labute approximate surface area is 285 Å². The highest BCUT2D eigenvalue weighted by Crippen LogP contribution is 2.43. The second-order valence-corrected chi connectivity index (χ2v) is 15.1. The van der Waals surface area contributed by atoms with Crippen LogP contribution in [0.5, 0.6) is 17.2 Å². The summed E-state index contributed by atoms with van der Waals surface area (Å²) in [5, 5.41) is 6.61. The van der Waals surface area contributed by atoms with Gasteiger partial charge in [-0.25, -0.2) is 13.4 Å². The molecule has 2 fully saturated rings. The minimum atomic E-state index is -3.56. The van der Waals surface area contributed by atoms with Gasteiger partial charge in [-0.3, -0.25) is 9.21 Å². The summed E-state index contributed by atoms with van der Waals surface area (Å²) in [6.07, 6.45) is 5.95. The molecule has 47 heavy (non-hydrogen) atoms. The molecule has 0 atom stereocenters. The van der Waals surface area contributed by atoms with Crippen molar-refractivity contribution in [2.45, 2.75) is 32.2 Å². The number of anilines is 6. The number of methoxy groups -OCH3 is 1. The van der Waals surface area contributed by atoms with Gasteiger partial charge in [0.25, 0.3) is 0 Å². The van der Waals surface area contributed by atoms with E-state index < -0.39 is 10.0 Å². The average molecular weight is 732 g/mol. The molecule has 0 spiro atoms. The Hall–Kier alpha value is -3.53. The molecule has 2 N–H and O–H groups in total. The Morgan fingerprint density at radius 2 is 1.72 bits per heavy atom. The van der Waals surface area contributed by atoms with Crippen molar-refractivity contribution in [2.24, 2.45) is 0 Å². The van der Waals surface area contributed by atoms with Gasteiger partial charge in [0.2, 0.25) is 22.8 Å². The number of rotatable bonds is 10. The third kappa shape index (κ3) is 7.32. The molecule has 3 aromatic rings. The lowest BCUT2D eigenvalue weighted by molar-refractivity contribution is 0.0982. The molecule has 13 nitrogen and oxygen atoms in total. The van der Waals surface area contributed by atoms with E-state index in [1.165, 1.54) is 22.6 Å². The van der Waals surface area contributed by atoms with Gasteiger partial charge in [0.15, 0.2) is 11.5 Å². The number of piperidine rings is 1. The molecule has 4 heterocycles. The lowest BCUT2D eigenvalue weighted by Crippen LogP contribution is -2.52. The van der Waals surface area contributed by atoms with Crippen LogP contribution in [0, 0.1) is 0 Å². The van der Waals surface area contributed by atoms with Crippen molar-refractivity contribution >= 4 is 60.5 Å². The van der Waals surface area contributed by atoms with E-state index in [0.717, 1.165) is 70.5 Å². The van der Waals surface area contributed by atoms with Crippen LogP contribution in [0.3, 0.4) is 0 Å². The van der Waals surface area contributed by atoms with Crippen LogP contribution in [0.25, 0.3) is 0 Å². The first-order valence-electron chi connectivity index (χ1n) is 15.9. The largest absolute Gasteiger partial charge is 0.494 e. The maximum absolute atomic E-state index is 12.5. The van der Waals surface area contributed by atoms with E-state index in [1.54, 1.807) is 25.4 Å². The molecule has 2 saturated heterocycles. The zero-order chi connectivity index (χ0) is 33.3. The summed E-state index contributed by atoms with van der Waals surface area (Å²) in [6.45, 7) is 8.85. The normalized spacial score (nSPS) is 17.5. The lowest BCUT2D eigenvalue weighted by Gasteiger charge is -2.43. The Balaban J connectivity index is 1.22. The number of ether oxygens (including phenoxy) is 3. The molecule has 3 aliphatic heterocycles. The fourth-order valence-corrected chi connectivity index (χ4v) is 7.15. The number of aryl methyl sites for hydroxylation is 1. The highest BCUT2D eigenvalue weighted by atomic mass is 79.9. The van der Waals surface area contributed by atoms with E-state index >= 15 is 0 Å². The summed E-state index contributed by atoms with van der Waals surface area (Å²) < 4.78 is 43.6. The van der Waals surface area contributed by atoms with Crippen LogP contribution in [-0.2, 0) is 16.4 Å². The first-order valence-corrected chi connectivity index (χ1v) is 18.5. The number of hydrogen-bond acceptors (Lipinski definition) is 12. The molecule has 1 aromatic heterocycles. The highest BCUT2D eigenvalue weighted by Gasteiger charge is 2.28. The Bertz CT molecular complexity index is 1710. The molecular weight excluding hydrogens is 688 g/mol. The second kappa shape index (κ2) is 13.9. The number of benzene rings is 2. The molecular formula is C32H43BrN8O5S. The minimum absolute atomic E-state index is 0.0569. The first-order chi connectivity index (χ1) is 22.5. The lowest BCUT2D eigenvalue weighted by atomic mass is 9.99. The molecule has 3 aliphatic rings. The molecule has 0 radical (unpaired) electrons. The van der Waals surface area contributed by atoms with Gasteiger partial charge in [-0.15, -0.1) is 0 Å². The van der Waals surface area contributed by atoms with E-state index in [2.05, 4.69) is 72.4 Å². The van der Waals surface area contributed by atoms with Gasteiger partial charge in [-0.2, -0.15) is 4.98 Å². The number of nitrogens with one attached hydrogen (secondary N) is 2. The number of aromatic nitrogens is 2. The predicted octanol–water partition coefficient (Wildman–Crippen LogP) is 4.64. The van der Waals surface area contributed by atoms with Crippen molar-refractivity contribution in [1.82, 2.24) is 19.8 Å². The van der Waals surface area contributed by atoms with Gasteiger partial charge < -0.3 is 34.6 Å². The maximum Gasteiger partial charge on any atom is 0.232 e. The van der Waals surface area contributed by atoms with Crippen LogP contribution in [0.1, 0.15) is 25.3 Å². The first kappa shape index (κ1) is 33.4. The van der Waals surface area contributed by atoms with E-state index in [9.17, 15) is 8.42 Å². The van der Waals surface area contributed by atoms with Crippen molar-refractivity contribution in [3.8, 4) is 17.2 Å². The van der Waals surface area contributed by atoms with Crippen molar-refractivity contribution in [1.29, 1.82) is 0 Å². The molecule has 0 saturated carbocycles. The molecule has 2 aromatic carbocycles. The predicted molar refractivity (Wildman–Crippen MR) is 189 cm³/mol. The van der Waals surface area contributed by atoms with Crippen LogP contribution in [0.4, 0.5) is 34.5 Å². The van der Waals surface area contributed by atoms with Crippen LogP contribution >= 0.6 is 15.9 Å². The average Bonchev–Trinajstić information content (AvgIpc) is 3.53. The standard InChI is InChI=1S/C32H43BrN8O5S/c1-6-21-15-25(28(44-4)17-26(21)41-9-7-22(8-10-41)40-13-11-38(2)12-14-40)36-32-34-19-23(33)31(37-32)35-24-16-29-30(46-20-45-29)18-27(24)39(3)47(5,42)43/h15-19,22H,6-14,20H2,1-5H3,(H2,34,35,36,37). The molecule has 0 unspecified atom stereocenters.